The second-order valence-electron chi connectivity index (χ2n) is 3.77. The third-order valence-electron chi connectivity index (χ3n) is 1.94. The normalized spacial score (nSPS) is 13.9. The van der Waals surface area contributed by atoms with Crippen LogP contribution < -0.4 is 0 Å². The summed E-state index contributed by atoms with van der Waals surface area (Å²) in [7, 11) is 1.53. The first-order chi connectivity index (χ1) is 6.85. The predicted octanol–water partition coefficient (Wildman–Crippen LogP) is 2.96. The molecule has 0 fully saturated rings. The average molecular weight is 226 g/mol. The summed E-state index contributed by atoms with van der Waals surface area (Å²) in [4.78, 5) is 11.2. The van der Waals surface area contributed by atoms with Gasteiger partial charge >= 0.3 is 6.18 Å². The number of Topliss-reactive ketones (excluding diaryl/α,β-unsaturated/α-hetero) is 1. The van der Waals surface area contributed by atoms with E-state index in [2.05, 4.69) is 0 Å². The molecule has 0 aromatic carbocycles. The summed E-state index contributed by atoms with van der Waals surface area (Å²) in [6.07, 6.45) is -4.84. The number of hydrogen-bond acceptors (Lipinski definition) is 2. The van der Waals surface area contributed by atoms with Crippen LogP contribution in [0.3, 0.4) is 0 Å². The molecule has 90 valence electrons. The van der Waals surface area contributed by atoms with E-state index in [1.165, 1.54) is 7.11 Å². The lowest BCUT2D eigenvalue weighted by Crippen LogP contribution is -2.12. The van der Waals surface area contributed by atoms with E-state index in [1.54, 1.807) is 0 Å². The standard InChI is InChI=1S/C10H17F3O2/c1-8(7-15-2)6-9(14)4-3-5-10(11,12)13/h8H,3-7H2,1-2H3. The maximum absolute atomic E-state index is 11.8. The number of alkyl halides is 3. The quantitative estimate of drug-likeness (QED) is 0.667. The minimum absolute atomic E-state index is 0.00750. The van der Waals surface area contributed by atoms with E-state index in [-0.39, 0.29) is 24.5 Å². The predicted molar refractivity (Wildman–Crippen MR) is 50.6 cm³/mol. The van der Waals surface area contributed by atoms with Crippen molar-refractivity contribution < 1.29 is 22.7 Å². The molecule has 0 rings (SSSR count). The molecular formula is C10H17F3O2. The van der Waals surface area contributed by atoms with Gasteiger partial charge in [-0.15, -0.1) is 0 Å². The zero-order valence-corrected chi connectivity index (χ0v) is 9.06. The zero-order valence-electron chi connectivity index (χ0n) is 9.06. The highest BCUT2D eigenvalue weighted by Crippen LogP contribution is 2.22. The number of halogens is 3. The molecule has 0 radical (unpaired) electrons. The molecule has 0 aromatic rings. The molecule has 0 N–H and O–H groups in total. The Morgan fingerprint density at radius 1 is 1.40 bits per heavy atom. The number of hydrogen-bond donors (Lipinski definition) is 0. The van der Waals surface area contributed by atoms with E-state index >= 15 is 0 Å². The van der Waals surface area contributed by atoms with Crippen molar-refractivity contribution in [1.29, 1.82) is 0 Å². The van der Waals surface area contributed by atoms with E-state index in [1.807, 2.05) is 6.92 Å². The lowest BCUT2D eigenvalue weighted by atomic mass is 10.0. The topological polar surface area (TPSA) is 26.3 Å². The molecule has 1 unspecified atom stereocenters. The minimum Gasteiger partial charge on any atom is -0.384 e. The molecule has 0 amide bonds. The van der Waals surface area contributed by atoms with Crippen molar-refractivity contribution in [3.05, 3.63) is 0 Å². The number of methoxy groups -OCH3 is 1. The van der Waals surface area contributed by atoms with Gasteiger partial charge in [0.25, 0.3) is 0 Å². The van der Waals surface area contributed by atoms with Gasteiger partial charge in [0.05, 0.1) is 0 Å². The van der Waals surface area contributed by atoms with Crippen molar-refractivity contribution in [3.8, 4) is 0 Å². The molecule has 0 saturated carbocycles. The number of ketones is 1. The molecule has 1 atom stereocenters. The van der Waals surface area contributed by atoms with Crippen LogP contribution in [0.1, 0.15) is 32.6 Å². The van der Waals surface area contributed by atoms with E-state index in [0.29, 0.717) is 13.0 Å². The fourth-order valence-electron chi connectivity index (χ4n) is 1.32. The van der Waals surface area contributed by atoms with Crippen LogP contribution in [0.4, 0.5) is 13.2 Å². The lowest BCUT2D eigenvalue weighted by Gasteiger charge is -2.09. The van der Waals surface area contributed by atoms with Gasteiger partial charge in [0.15, 0.2) is 0 Å². The molecular weight excluding hydrogens is 209 g/mol. The number of carbonyl (C=O) groups excluding carboxylic acids is 1. The fraction of sp³-hybridized carbons (Fsp3) is 0.900. The van der Waals surface area contributed by atoms with Crippen molar-refractivity contribution in [2.75, 3.05) is 13.7 Å². The summed E-state index contributed by atoms with van der Waals surface area (Å²) in [5.41, 5.74) is 0. The van der Waals surface area contributed by atoms with Crippen LogP contribution in [0, 0.1) is 5.92 Å². The van der Waals surface area contributed by atoms with Gasteiger partial charge < -0.3 is 4.74 Å². The molecule has 0 bridgehead atoms. The second-order valence-corrected chi connectivity index (χ2v) is 3.77. The Bertz CT molecular complexity index is 190. The average Bonchev–Trinajstić information content (AvgIpc) is 2.01. The van der Waals surface area contributed by atoms with Crippen LogP contribution in [0.5, 0.6) is 0 Å². The summed E-state index contributed by atoms with van der Waals surface area (Å²) >= 11 is 0. The van der Waals surface area contributed by atoms with Crippen molar-refractivity contribution >= 4 is 5.78 Å². The lowest BCUT2D eigenvalue weighted by molar-refractivity contribution is -0.137. The molecule has 0 aliphatic rings. The highest BCUT2D eigenvalue weighted by Gasteiger charge is 2.26. The first-order valence-corrected chi connectivity index (χ1v) is 4.92. The molecule has 0 aliphatic heterocycles. The minimum atomic E-state index is -4.15. The smallest absolute Gasteiger partial charge is 0.384 e. The highest BCUT2D eigenvalue weighted by atomic mass is 19.4. The summed E-state index contributed by atoms with van der Waals surface area (Å²) in [6, 6.07) is 0. The van der Waals surface area contributed by atoms with Crippen molar-refractivity contribution in [2.24, 2.45) is 5.92 Å². The van der Waals surface area contributed by atoms with Gasteiger partial charge in [0, 0.05) is 33.0 Å². The highest BCUT2D eigenvalue weighted by molar-refractivity contribution is 5.78. The summed E-state index contributed by atoms with van der Waals surface area (Å²) in [6.45, 7) is 2.30. The first kappa shape index (κ1) is 14.4. The van der Waals surface area contributed by atoms with Crippen LogP contribution in [0.25, 0.3) is 0 Å². The van der Waals surface area contributed by atoms with Crippen LogP contribution in [0.2, 0.25) is 0 Å². The second kappa shape index (κ2) is 6.82. The van der Waals surface area contributed by atoms with Gasteiger partial charge in [-0.3, -0.25) is 4.79 Å². The van der Waals surface area contributed by atoms with Crippen LogP contribution in [-0.2, 0) is 9.53 Å². The van der Waals surface area contributed by atoms with Gasteiger partial charge in [0.2, 0.25) is 0 Å². The van der Waals surface area contributed by atoms with Crippen LogP contribution in [-0.4, -0.2) is 25.7 Å². The summed E-state index contributed by atoms with van der Waals surface area (Å²) in [5.74, 6) is -0.0443. The van der Waals surface area contributed by atoms with E-state index in [0.717, 1.165) is 0 Å². The molecule has 0 spiro atoms. The largest absolute Gasteiger partial charge is 0.389 e. The zero-order chi connectivity index (χ0) is 11.9. The summed E-state index contributed by atoms with van der Waals surface area (Å²) < 4.78 is 40.1. The van der Waals surface area contributed by atoms with Crippen molar-refractivity contribution in [1.82, 2.24) is 0 Å². The van der Waals surface area contributed by atoms with Crippen LogP contribution in [0.15, 0.2) is 0 Å². The Morgan fingerprint density at radius 2 is 2.00 bits per heavy atom. The molecule has 0 heterocycles. The Morgan fingerprint density at radius 3 is 2.47 bits per heavy atom. The number of carbonyl (C=O) groups is 1. The molecule has 0 aliphatic carbocycles. The van der Waals surface area contributed by atoms with Crippen LogP contribution >= 0.6 is 0 Å². The molecule has 2 nitrogen and oxygen atoms in total. The monoisotopic (exact) mass is 226 g/mol. The number of ether oxygens (including phenoxy) is 1. The maximum atomic E-state index is 11.8. The van der Waals surface area contributed by atoms with Gasteiger partial charge in [-0.25, -0.2) is 0 Å². The Hall–Kier alpha value is -0.580. The molecule has 0 aromatic heterocycles. The van der Waals surface area contributed by atoms with E-state index in [4.69, 9.17) is 4.74 Å². The van der Waals surface area contributed by atoms with Crippen molar-refractivity contribution in [3.63, 3.8) is 0 Å². The van der Waals surface area contributed by atoms with Crippen molar-refractivity contribution in [2.45, 2.75) is 38.8 Å². The van der Waals surface area contributed by atoms with Gasteiger partial charge in [-0.05, 0) is 12.3 Å². The third kappa shape index (κ3) is 9.72. The molecule has 15 heavy (non-hydrogen) atoms. The van der Waals surface area contributed by atoms with E-state index < -0.39 is 12.6 Å². The van der Waals surface area contributed by atoms with E-state index in [9.17, 15) is 18.0 Å². The fourth-order valence-corrected chi connectivity index (χ4v) is 1.32. The Balaban J connectivity index is 3.58. The first-order valence-electron chi connectivity index (χ1n) is 4.92. The Labute approximate surface area is 87.8 Å². The van der Waals surface area contributed by atoms with Gasteiger partial charge in [0.1, 0.15) is 5.78 Å². The Kier molecular flexibility index (Phi) is 6.56. The third-order valence-corrected chi connectivity index (χ3v) is 1.94. The molecule has 5 heteroatoms. The summed E-state index contributed by atoms with van der Waals surface area (Å²) in [5, 5.41) is 0. The van der Waals surface area contributed by atoms with Gasteiger partial charge in [-0.2, -0.15) is 13.2 Å². The maximum Gasteiger partial charge on any atom is 0.389 e. The SMILES string of the molecule is COCC(C)CC(=O)CCCC(F)(F)F. The number of rotatable bonds is 7. The van der Waals surface area contributed by atoms with Gasteiger partial charge in [-0.1, -0.05) is 6.92 Å². The molecule has 0 saturated heterocycles.